The fourth-order valence-corrected chi connectivity index (χ4v) is 1.38. The molecule has 0 fully saturated rings. The normalized spacial score (nSPS) is 10.7. The Morgan fingerprint density at radius 3 is 2.20 bits per heavy atom. The standard InChI is InChI=1S/C11H14F3N/c1-15-5-3-2-4-8-6-9(12)11(14)10(13)7-8/h6-7,15H,2-5H2,1H3. The molecule has 0 aliphatic rings. The number of rotatable bonds is 5. The second-order valence-electron chi connectivity index (χ2n) is 3.43. The molecule has 84 valence electrons. The van der Waals surface area contributed by atoms with Gasteiger partial charge in [-0.2, -0.15) is 0 Å². The summed E-state index contributed by atoms with van der Waals surface area (Å²) >= 11 is 0. The number of aryl methyl sites for hydroxylation is 1. The summed E-state index contributed by atoms with van der Waals surface area (Å²) in [6.07, 6.45) is 2.32. The highest BCUT2D eigenvalue weighted by Gasteiger charge is 2.09. The topological polar surface area (TPSA) is 12.0 Å². The van der Waals surface area contributed by atoms with E-state index in [1.165, 1.54) is 0 Å². The number of unbranched alkanes of at least 4 members (excludes halogenated alkanes) is 1. The highest BCUT2D eigenvalue weighted by molar-refractivity contribution is 5.19. The fraction of sp³-hybridized carbons (Fsp3) is 0.455. The van der Waals surface area contributed by atoms with Crippen LogP contribution >= 0.6 is 0 Å². The Morgan fingerprint density at radius 1 is 1.07 bits per heavy atom. The lowest BCUT2D eigenvalue weighted by atomic mass is 10.1. The van der Waals surface area contributed by atoms with Crippen molar-refractivity contribution in [3.63, 3.8) is 0 Å². The van der Waals surface area contributed by atoms with E-state index in [0.717, 1.165) is 31.5 Å². The minimum atomic E-state index is -1.39. The molecule has 0 amide bonds. The van der Waals surface area contributed by atoms with Crippen molar-refractivity contribution < 1.29 is 13.2 Å². The maximum absolute atomic E-state index is 12.8. The first-order valence-corrected chi connectivity index (χ1v) is 4.93. The van der Waals surface area contributed by atoms with Gasteiger partial charge < -0.3 is 5.32 Å². The molecular weight excluding hydrogens is 203 g/mol. The van der Waals surface area contributed by atoms with Gasteiger partial charge in [-0.1, -0.05) is 0 Å². The average molecular weight is 217 g/mol. The first-order chi connectivity index (χ1) is 7.15. The molecule has 0 radical (unpaired) electrons. The molecule has 0 aromatic heterocycles. The Bertz CT molecular complexity index is 303. The van der Waals surface area contributed by atoms with Crippen LogP contribution in [0, 0.1) is 17.5 Å². The predicted molar refractivity (Wildman–Crippen MR) is 53.2 cm³/mol. The van der Waals surface area contributed by atoms with Gasteiger partial charge in [-0.15, -0.1) is 0 Å². The number of nitrogens with one attached hydrogen (secondary N) is 1. The zero-order chi connectivity index (χ0) is 11.3. The van der Waals surface area contributed by atoms with Gasteiger partial charge >= 0.3 is 0 Å². The average Bonchev–Trinajstić information content (AvgIpc) is 2.21. The Labute approximate surface area is 87.3 Å². The van der Waals surface area contributed by atoms with Crippen LogP contribution in [0.25, 0.3) is 0 Å². The number of benzene rings is 1. The SMILES string of the molecule is CNCCCCc1cc(F)c(F)c(F)c1. The molecule has 0 aliphatic heterocycles. The van der Waals surface area contributed by atoms with E-state index in [4.69, 9.17) is 0 Å². The molecule has 0 saturated heterocycles. The van der Waals surface area contributed by atoms with E-state index in [0.29, 0.717) is 12.0 Å². The highest BCUT2D eigenvalue weighted by Crippen LogP contribution is 2.15. The molecule has 15 heavy (non-hydrogen) atoms. The molecular formula is C11H14F3N. The molecule has 0 atom stereocenters. The maximum Gasteiger partial charge on any atom is 0.194 e. The van der Waals surface area contributed by atoms with Crippen LogP contribution in [0.5, 0.6) is 0 Å². The summed E-state index contributed by atoms with van der Waals surface area (Å²) in [5.74, 6) is -3.62. The first kappa shape index (κ1) is 12.0. The Kier molecular flexibility index (Phi) is 4.62. The Hall–Kier alpha value is -1.03. The van der Waals surface area contributed by atoms with Crippen LogP contribution in [0.3, 0.4) is 0 Å². The van der Waals surface area contributed by atoms with Crippen molar-refractivity contribution in [1.82, 2.24) is 5.32 Å². The molecule has 1 aromatic rings. The summed E-state index contributed by atoms with van der Waals surface area (Å²) in [7, 11) is 1.84. The van der Waals surface area contributed by atoms with E-state index in [1.54, 1.807) is 0 Å². The molecule has 0 spiro atoms. The number of halogens is 3. The van der Waals surface area contributed by atoms with E-state index >= 15 is 0 Å². The smallest absolute Gasteiger partial charge is 0.194 e. The summed E-state index contributed by atoms with van der Waals surface area (Å²) in [4.78, 5) is 0. The molecule has 0 bridgehead atoms. The number of hydrogen-bond donors (Lipinski definition) is 1. The van der Waals surface area contributed by atoms with Crippen molar-refractivity contribution >= 4 is 0 Å². The third-order valence-electron chi connectivity index (χ3n) is 2.19. The van der Waals surface area contributed by atoms with Crippen molar-refractivity contribution in [1.29, 1.82) is 0 Å². The molecule has 0 aliphatic carbocycles. The third kappa shape index (κ3) is 3.55. The molecule has 1 nitrogen and oxygen atoms in total. The van der Waals surface area contributed by atoms with Crippen LogP contribution in [-0.2, 0) is 6.42 Å². The molecule has 1 N–H and O–H groups in total. The van der Waals surface area contributed by atoms with E-state index < -0.39 is 17.5 Å². The van der Waals surface area contributed by atoms with Crippen molar-refractivity contribution in [3.05, 3.63) is 35.1 Å². The zero-order valence-electron chi connectivity index (χ0n) is 8.62. The highest BCUT2D eigenvalue weighted by atomic mass is 19.2. The lowest BCUT2D eigenvalue weighted by Crippen LogP contribution is -2.07. The molecule has 4 heteroatoms. The maximum atomic E-state index is 12.8. The quantitative estimate of drug-likeness (QED) is 0.590. The van der Waals surface area contributed by atoms with E-state index in [1.807, 2.05) is 7.05 Å². The molecule has 1 aromatic carbocycles. The van der Waals surface area contributed by atoms with Gasteiger partial charge in [0.2, 0.25) is 0 Å². The minimum absolute atomic E-state index is 0.502. The zero-order valence-corrected chi connectivity index (χ0v) is 8.62. The van der Waals surface area contributed by atoms with Gasteiger partial charge in [-0.25, -0.2) is 13.2 Å². The van der Waals surface area contributed by atoms with Gasteiger partial charge in [-0.05, 0) is 50.6 Å². The van der Waals surface area contributed by atoms with Crippen LogP contribution < -0.4 is 5.32 Å². The van der Waals surface area contributed by atoms with Gasteiger partial charge in [0, 0.05) is 0 Å². The van der Waals surface area contributed by atoms with Crippen molar-refractivity contribution in [2.24, 2.45) is 0 Å². The van der Waals surface area contributed by atoms with E-state index in [2.05, 4.69) is 5.32 Å². The van der Waals surface area contributed by atoms with Crippen LogP contribution in [0.1, 0.15) is 18.4 Å². The molecule has 1 rings (SSSR count). The van der Waals surface area contributed by atoms with Crippen molar-refractivity contribution in [3.8, 4) is 0 Å². The second kappa shape index (κ2) is 5.75. The van der Waals surface area contributed by atoms with Crippen LogP contribution in [-0.4, -0.2) is 13.6 Å². The van der Waals surface area contributed by atoms with Crippen molar-refractivity contribution in [2.75, 3.05) is 13.6 Å². The van der Waals surface area contributed by atoms with E-state index in [9.17, 15) is 13.2 Å². The van der Waals surface area contributed by atoms with E-state index in [-0.39, 0.29) is 0 Å². The van der Waals surface area contributed by atoms with Crippen LogP contribution in [0.15, 0.2) is 12.1 Å². The summed E-state index contributed by atoms with van der Waals surface area (Å²) in [5.41, 5.74) is 0.502. The summed E-state index contributed by atoms with van der Waals surface area (Å²) in [6, 6.07) is 2.11. The molecule has 0 heterocycles. The van der Waals surface area contributed by atoms with Gasteiger partial charge in [0.15, 0.2) is 17.5 Å². The first-order valence-electron chi connectivity index (χ1n) is 4.93. The summed E-state index contributed by atoms with van der Waals surface area (Å²) in [5, 5.41) is 2.98. The second-order valence-corrected chi connectivity index (χ2v) is 3.43. The summed E-state index contributed by atoms with van der Waals surface area (Å²) < 4.78 is 38.2. The fourth-order valence-electron chi connectivity index (χ4n) is 1.38. The Morgan fingerprint density at radius 2 is 1.67 bits per heavy atom. The largest absolute Gasteiger partial charge is 0.320 e. The van der Waals surface area contributed by atoms with Gasteiger partial charge in [-0.3, -0.25) is 0 Å². The van der Waals surface area contributed by atoms with Crippen LogP contribution in [0.2, 0.25) is 0 Å². The minimum Gasteiger partial charge on any atom is -0.320 e. The number of hydrogen-bond acceptors (Lipinski definition) is 1. The molecule has 0 unspecified atom stereocenters. The molecule has 0 saturated carbocycles. The van der Waals surface area contributed by atoms with Gasteiger partial charge in [0.25, 0.3) is 0 Å². The predicted octanol–water partition coefficient (Wildman–Crippen LogP) is 2.65. The van der Waals surface area contributed by atoms with Crippen molar-refractivity contribution in [2.45, 2.75) is 19.3 Å². The van der Waals surface area contributed by atoms with Gasteiger partial charge in [0.1, 0.15) is 0 Å². The summed E-state index contributed by atoms with van der Waals surface area (Å²) in [6.45, 7) is 0.867. The monoisotopic (exact) mass is 217 g/mol. The third-order valence-corrected chi connectivity index (χ3v) is 2.19. The van der Waals surface area contributed by atoms with Gasteiger partial charge in [0.05, 0.1) is 0 Å². The Balaban J connectivity index is 2.55. The lowest BCUT2D eigenvalue weighted by Gasteiger charge is -2.03. The lowest BCUT2D eigenvalue weighted by molar-refractivity contribution is 0.445. The van der Waals surface area contributed by atoms with Crippen LogP contribution in [0.4, 0.5) is 13.2 Å².